The Morgan fingerprint density at radius 1 is 1.44 bits per heavy atom. The maximum atomic E-state index is 13.8. The van der Waals surface area contributed by atoms with Gasteiger partial charge in [0.15, 0.2) is 11.6 Å². The fraction of sp³-hybridized carbons (Fsp3) is 0.500. The average Bonchev–Trinajstić information content (AvgIpc) is 2.26. The first-order valence-corrected chi connectivity index (χ1v) is 6.19. The third-order valence-corrected chi connectivity index (χ3v) is 3.04. The van der Waals surface area contributed by atoms with Crippen molar-refractivity contribution in [1.82, 2.24) is 0 Å². The van der Waals surface area contributed by atoms with E-state index in [1.165, 1.54) is 6.07 Å². The van der Waals surface area contributed by atoms with E-state index in [1.54, 1.807) is 6.92 Å². The predicted octanol–water partition coefficient (Wildman–Crippen LogP) is 4.71. The number of benzene rings is 1. The van der Waals surface area contributed by atoms with Crippen molar-refractivity contribution in [1.29, 1.82) is 0 Å². The van der Waals surface area contributed by atoms with Crippen molar-refractivity contribution in [2.75, 3.05) is 6.61 Å². The Morgan fingerprint density at radius 3 is 2.69 bits per heavy atom. The van der Waals surface area contributed by atoms with E-state index in [4.69, 9.17) is 27.9 Å². The second kappa shape index (κ2) is 6.31. The third-order valence-electron chi connectivity index (χ3n) is 2.43. The Kier molecular flexibility index (Phi) is 5.36. The van der Waals surface area contributed by atoms with E-state index in [0.717, 1.165) is 12.8 Å². The number of rotatable bonds is 5. The molecule has 0 spiro atoms. The van der Waals surface area contributed by atoms with E-state index in [9.17, 15) is 4.39 Å². The molecule has 4 heteroatoms. The Labute approximate surface area is 106 Å². The monoisotopic (exact) mass is 264 g/mol. The fourth-order valence-corrected chi connectivity index (χ4v) is 2.08. The van der Waals surface area contributed by atoms with Gasteiger partial charge in [0, 0.05) is 17.0 Å². The van der Waals surface area contributed by atoms with Gasteiger partial charge in [0.25, 0.3) is 0 Å². The van der Waals surface area contributed by atoms with Crippen LogP contribution >= 0.6 is 23.2 Å². The topological polar surface area (TPSA) is 9.23 Å². The second-order valence-electron chi connectivity index (χ2n) is 3.61. The van der Waals surface area contributed by atoms with Crippen molar-refractivity contribution < 1.29 is 9.13 Å². The molecule has 0 radical (unpaired) electrons. The summed E-state index contributed by atoms with van der Waals surface area (Å²) in [6.45, 7) is 4.21. The molecule has 1 aromatic rings. The van der Waals surface area contributed by atoms with Gasteiger partial charge in [-0.1, -0.05) is 24.9 Å². The second-order valence-corrected chi connectivity index (χ2v) is 4.28. The number of ether oxygens (including phenoxy) is 1. The van der Waals surface area contributed by atoms with Gasteiger partial charge < -0.3 is 4.74 Å². The molecule has 16 heavy (non-hydrogen) atoms. The summed E-state index contributed by atoms with van der Waals surface area (Å²) in [6, 6.07) is 1.50. The molecule has 0 unspecified atom stereocenters. The van der Waals surface area contributed by atoms with Gasteiger partial charge in [-0.3, -0.25) is 0 Å². The minimum absolute atomic E-state index is 0.205. The van der Waals surface area contributed by atoms with Gasteiger partial charge in [0.1, 0.15) is 0 Å². The molecule has 0 saturated carbocycles. The van der Waals surface area contributed by atoms with Crippen LogP contribution in [0.4, 0.5) is 4.39 Å². The summed E-state index contributed by atoms with van der Waals surface area (Å²) in [5, 5.41) is 0.459. The lowest BCUT2D eigenvalue weighted by atomic mass is 10.1. The summed E-state index contributed by atoms with van der Waals surface area (Å²) in [7, 11) is 0. The molecule has 1 nitrogen and oxygen atoms in total. The summed E-state index contributed by atoms with van der Waals surface area (Å²) < 4.78 is 19.1. The summed E-state index contributed by atoms with van der Waals surface area (Å²) in [4.78, 5) is 0. The van der Waals surface area contributed by atoms with Crippen LogP contribution in [0.5, 0.6) is 5.75 Å². The lowest BCUT2D eigenvalue weighted by Crippen LogP contribution is -2.02. The zero-order valence-corrected chi connectivity index (χ0v) is 11.0. The molecular weight excluding hydrogens is 250 g/mol. The van der Waals surface area contributed by atoms with Crippen LogP contribution in [0, 0.1) is 12.7 Å². The molecule has 0 aliphatic rings. The van der Waals surface area contributed by atoms with Crippen molar-refractivity contribution >= 4 is 23.2 Å². The minimum atomic E-state index is -0.365. The quantitative estimate of drug-likeness (QED) is 0.553. The summed E-state index contributed by atoms with van der Waals surface area (Å²) in [5.41, 5.74) is 1.10. The highest BCUT2D eigenvalue weighted by Crippen LogP contribution is 2.31. The summed E-state index contributed by atoms with van der Waals surface area (Å²) >= 11 is 11.7. The van der Waals surface area contributed by atoms with Crippen LogP contribution in [0.25, 0.3) is 0 Å². The van der Waals surface area contributed by atoms with Crippen LogP contribution in [-0.2, 0) is 5.88 Å². The maximum Gasteiger partial charge on any atom is 0.168 e. The first-order valence-electron chi connectivity index (χ1n) is 5.28. The van der Waals surface area contributed by atoms with Gasteiger partial charge in [-0.15, -0.1) is 11.6 Å². The standard InChI is InChI=1S/C12H15Cl2FO/c1-3-4-5-16-11-6-10(14)9(7-13)8(2)12(11)15/h6H,3-5,7H2,1-2H3. The molecule has 0 N–H and O–H groups in total. The molecule has 0 amide bonds. The number of hydrogen-bond acceptors (Lipinski definition) is 1. The van der Waals surface area contributed by atoms with Crippen LogP contribution in [-0.4, -0.2) is 6.61 Å². The molecule has 0 saturated heterocycles. The van der Waals surface area contributed by atoms with Gasteiger partial charge in [-0.25, -0.2) is 4.39 Å². The fourth-order valence-electron chi connectivity index (χ4n) is 1.36. The summed E-state index contributed by atoms with van der Waals surface area (Å²) in [5.74, 6) is 0.0533. The lowest BCUT2D eigenvalue weighted by Gasteiger charge is -2.12. The van der Waals surface area contributed by atoms with Crippen molar-refractivity contribution in [2.24, 2.45) is 0 Å². The molecule has 1 rings (SSSR count). The smallest absolute Gasteiger partial charge is 0.168 e. The molecule has 0 fully saturated rings. The Morgan fingerprint density at radius 2 is 2.12 bits per heavy atom. The molecule has 0 aliphatic heterocycles. The van der Waals surface area contributed by atoms with E-state index in [1.807, 2.05) is 0 Å². The first-order chi connectivity index (χ1) is 7.61. The number of halogens is 3. The number of unbranched alkanes of at least 4 members (excludes halogenated alkanes) is 1. The van der Waals surface area contributed by atoms with Gasteiger partial charge in [-0.2, -0.15) is 0 Å². The van der Waals surface area contributed by atoms with Crippen LogP contribution in [0.1, 0.15) is 30.9 Å². The van der Waals surface area contributed by atoms with Gasteiger partial charge in [0.05, 0.1) is 6.61 Å². The molecule has 0 heterocycles. The Hall–Kier alpha value is -0.470. The first kappa shape index (κ1) is 13.6. The van der Waals surface area contributed by atoms with Crippen molar-refractivity contribution in [3.8, 4) is 5.75 Å². The van der Waals surface area contributed by atoms with Gasteiger partial charge in [-0.05, 0) is 24.5 Å². The zero-order valence-electron chi connectivity index (χ0n) is 9.45. The van der Waals surface area contributed by atoms with Crippen LogP contribution < -0.4 is 4.74 Å². The molecule has 1 aromatic carbocycles. The summed E-state index contributed by atoms with van der Waals surface area (Å²) in [6.07, 6.45) is 1.90. The largest absolute Gasteiger partial charge is 0.490 e. The highest BCUT2D eigenvalue weighted by Gasteiger charge is 2.14. The van der Waals surface area contributed by atoms with Crippen LogP contribution in [0.15, 0.2) is 6.07 Å². The number of hydrogen-bond donors (Lipinski definition) is 0. The van der Waals surface area contributed by atoms with Crippen molar-refractivity contribution in [2.45, 2.75) is 32.6 Å². The van der Waals surface area contributed by atoms with E-state index >= 15 is 0 Å². The van der Waals surface area contributed by atoms with E-state index in [0.29, 0.717) is 22.8 Å². The van der Waals surface area contributed by atoms with E-state index < -0.39 is 0 Å². The molecule has 0 aliphatic carbocycles. The third kappa shape index (κ3) is 3.02. The normalized spacial score (nSPS) is 10.6. The lowest BCUT2D eigenvalue weighted by molar-refractivity contribution is 0.293. The van der Waals surface area contributed by atoms with E-state index in [2.05, 4.69) is 6.92 Å². The molecule has 0 atom stereocenters. The highest BCUT2D eigenvalue weighted by molar-refractivity contribution is 6.32. The number of alkyl halides is 1. The Balaban J connectivity index is 2.94. The average molecular weight is 265 g/mol. The van der Waals surface area contributed by atoms with Crippen molar-refractivity contribution in [3.63, 3.8) is 0 Å². The van der Waals surface area contributed by atoms with Crippen molar-refractivity contribution in [3.05, 3.63) is 28.0 Å². The SMILES string of the molecule is CCCCOc1cc(Cl)c(CCl)c(C)c1F. The zero-order chi connectivity index (χ0) is 12.1. The molecule has 90 valence electrons. The molecular formula is C12H15Cl2FO. The van der Waals surface area contributed by atoms with Gasteiger partial charge in [0.2, 0.25) is 0 Å². The van der Waals surface area contributed by atoms with E-state index in [-0.39, 0.29) is 17.4 Å². The van der Waals surface area contributed by atoms with Crippen LogP contribution in [0.2, 0.25) is 5.02 Å². The predicted molar refractivity (Wildman–Crippen MR) is 66.1 cm³/mol. The minimum Gasteiger partial charge on any atom is -0.490 e. The molecule has 0 aromatic heterocycles. The highest BCUT2D eigenvalue weighted by atomic mass is 35.5. The van der Waals surface area contributed by atoms with Crippen LogP contribution in [0.3, 0.4) is 0 Å². The maximum absolute atomic E-state index is 13.8. The molecule has 0 bridgehead atoms. The van der Waals surface area contributed by atoms with Gasteiger partial charge >= 0.3 is 0 Å². The Bertz CT molecular complexity index is 367.